The van der Waals surface area contributed by atoms with E-state index < -0.39 is 12.1 Å². The first-order valence-corrected chi connectivity index (χ1v) is 8.02. The molecule has 0 saturated heterocycles. The van der Waals surface area contributed by atoms with Gasteiger partial charge in [0.1, 0.15) is 17.1 Å². The zero-order chi connectivity index (χ0) is 18.0. The summed E-state index contributed by atoms with van der Waals surface area (Å²) >= 11 is 0. The molecule has 0 fully saturated rings. The van der Waals surface area contributed by atoms with Gasteiger partial charge in [-0.2, -0.15) is 0 Å². The number of carbonyl (C=O) groups is 2. The molecule has 0 spiro atoms. The average Bonchev–Trinajstić information content (AvgIpc) is 2.93. The summed E-state index contributed by atoms with van der Waals surface area (Å²) in [5, 5.41) is 4.77. The number of esters is 1. The van der Waals surface area contributed by atoms with Crippen LogP contribution in [0.15, 0.2) is 52.9 Å². The van der Waals surface area contributed by atoms with Crippen molar-refractivity contribution in [3.8, 4) is 0 Å². The van der Waals surface area contributed by atoms with Gasteiger partial charge in [-0.05, 0) is 38.3 Å². The van der Waals surface area contributed by atoms with Crippen molar-refractivity contribution in [3.05, 3.63) is 65.6 Å². The first-order valence-electron chi connectivity index (χ1n) is 8.02. The Balaban J connectivity index is 1.72. The van der Waals surface area contributed by atoms with E-state index >= 15 is 0 Å². The fourth-order valence-corrected chi connectivity index (χ4v) is 2.68. The van der Waals surface area contributed by atoms with Gasteiger partial charge < -0.3 is 14.5 Å². The van der Waals surface area contributed by atoms with Crippen molar-refractivity contribution in [2.24, 2.45) is 0 Å². The molecule has 0 saturated carbocycles. The molecule has 1 N–H and O–H groups in total. The highest BCUT2D eigenvalue weighted by molar-refractivity contribution is 6.04. The van der Waals surface area contributed by atoms with Gasteiger partial charge in [0.05, 0.1) is 0 Å². The van der Waals surface area contributed by atoms with Crippen LogP contribution >= 0.6 is 0 Å². The number of benzene rings is 2. The van der Waals surface area contributed by atoms with Crippen LogP contribution < -0.4 is 5.32 Å². The van der Waals surface area contributed by atoms with Crippen LogP contribution in [0.4, 0.5) is 5.69 Å². The minimum absolute atomic E-state index is 0.335. The van der Waals surface area contributed by atoms with E-state index in [4.69, 9.17) is 9.15 Å². The minimum atomic E-state index is -0.930. The fourth-order valence-electron chi connectivity index (χ4n) is 2.68. The predicted molar refractivity (Wildman–Crippen MR) is 95.6 cm³/mol. The van der Waals surface area contributed by atoms with Gasteiger partial charge in [0.2, 0.25) is 0 Å². The van der Waals surface area contributed by atoms with Gasteiger partial charge in [0.15, 0.2) is 6.10 Å². The predicted octanol–water partition coefficient (Wildman–Crippen LogP) is 4.23. The number of nitrogens with one attached hydrogen (secondary N) is 1. The molecule has 2 aromatic carbocycles. The largest absolute Gasteiger partial charge is 0.466 e. The molecule has 1 amide bonds. The van der Waals surface area contributed by atoms with E-state index in [9.17, 15) is 9.59 Å². The first-order chi connectivity index (χ1) is 12.0. The summed E-state index contributed by atoms with van der Waals surface area (Å²) in [6.07, 6.45) is -0.930. The van der Waals surface area contributed by atoms with Crippen molar-refractivity contribution in [3.63, 3.8) is 0 Å². The molecule has 1 heterocycles. The Kier molecular flexibility index (Phi) is 4.57. The maximum absolute atomic E-state index is 12.4. The van der Waals surface area contributed by atoms with E-state index in [1.165, 1.54) is 0 Å². The van der Waals surface area contributed by atoms with Gasteiger partial charge >= 0.3 is 5.97 Å². The fraction of sp³-hybridized carbons (Fsp3) is 0.200. The number of ether oxygens (including phenoxy) is 1. The molecule has 3 aromatic rings. The minimum Gasteiger partial charge on any atom is -0.466 e. The van der Waals surface area contributed by atoms with Crippen molar-refractivity contribution in [2.45, 2.75) is 26.9 Å². The molecule has 1 atom stereocenters. The van der Waals surface area contributed by atoms with Crippen LogP contribution in [0.1, 0.15) is 28.8 Å². The second-order valence-electron chi connectivity index (χ2n) is 5.89. The van der Waals surface area contributed by atoms with Crippen molar-refractivity contribution >= 4 is 28.3 Å². The van der Waals surface area contributed by atoms with Gasteiger partial charge in [0.25, 0.3) is 5.91 Å². The number of aryl methyl sites for hydroxylation is 2. The Morgan fingerprint density at radius 1 is 1.08 bits per heavy atom. The Hall–Kier alpha value is -3.08. The number of furan rings is 1. The normalized spacial score (nSPS) is 12.0. The smallest absolute Gasteiger partial charge is 0.342 e. The topological polar surface area (TPSA) is 68.5 Å². The second kappa shape index (κ2) is 6.81. The Labute approximate surface area is 145 Å². The van der Waals surface area contributed by atoms with Crippen LogP contribution in [0, 0.1) is 13.8 Å². The van der Waals surface area contributed by atoms with E-state index in [0.717, 1.165) is 10.8 Å². The maximum atomic E-state index is 12.4. The van der Waals surface area contributed by atoms with Crippen LogP contribution in [-0.2, 0) is 9.53 Å². The third kappa shape index (κ3) is 3.55. The molecule has 3 rings (SSSR count). The Bertz CT molecular complexity index is 937. The van der Waals surface area contributed by atoms with Crippen LogP contribution in [0.5, 0.6) is 0 Å². The molecular weight excluding hydrogens is 318 g/mol. The van der Waals surface area contributed by atoms with E-state index in [1.807, 2.05) is 42.5 Å². The number of hydrogen-bond acceptors (Lipinski definition) is 4. The molecule has 1 aromatic heterocycles. The van der Waals surface area contributed by atoms with Gasteiger partial charge in [-0.1, -0.05) is 36.4 Å². The van der Waals surface area contributed by atoms with E-state index in [-0.39, 0.29) is 5.91 Å². The number of fused-ring (bicyclic) bond motifs is 1. The molecule has 5 nitrogen and oxygen atoms in total. The number of amides is 1. The molecule has 5 heteroatoms. The molecule has 0 radical (unpaired) electrons. The summed E-state index contributed by atoms with van der Waals surface area (Å²) in [4.78, 5) is 24.6. The molecule has 128 valence electrons. The van der Waals surface area contributed by atoms with Crippen molar-refractivity contribution in [2.75, 3.05) is 5.32 Å². The maximum Gasteiger partial charge on any atom is 0.342 e. The average molecular weight is 337 g/mol. The lowest BCUT2D eigenvalue weighted by molar-refractivity contribution is -0.123. The number of hydrogen-bond donors (Lipinski definition) is 1. The summed E-state index contributed by atoms with van der Waals surface area (Å²) in [5.41, 5.74) is 1.02. The van der Waals surface area contributed by atoms with Gasteiger partial charge in [-0.15, -0.1) is 0 Å². The zero-order valence-corrected chi connectivity index (χ0v) is 14.3. The molecule has 0 aliphatic heterocycles. The van der Waals surface area contributed by atoms with Gasteiger partial charge in [-0.3, -0.25) is 4.79 Å². The third-order valence-corrected chi connectivity index (χ3v) is 3.96. The van der Waals surface area contributed by atoms with E-state index in [2.05, 4.69) is 5.32 Å². The second-order valence-corrected chi connectivity index (χ2v) is 5.89. The molecule has 0 unspecified atom stereocenters. The first kappa shape index (κ1) is 16.8. The molecule has 25 heavy (non-hydrogen) atoms. The summed E-state index contributed by atoms with van der Waals surface area (Å²) in [6.45, 7) is 4.98. The van der Waals surface area contributed by atoms with Crippen molar-refractivity contribution < 1.29 is 18.7 Å². The van der Waals surface area contributed by atoms with Crippen molar-refractivity contribution in [1.82, 2.24) is 0 Å². The van der Waals surface area contributed by atoms with Crippen LogP contribution in [0.2, 0.25) is 0 Å². The third-order valence-electron chi connectivity index (χ3n) is 3.96. The number of anilines is 1. The van der Waals surface area contributed by atoms with Crippen LogP contribution in [-0.4, -0.2) is 18.0 Å². The highest BCUT2D eigenvalue weighted by atomic mass is 16.5. The van der Waals surface area contributed by atoms with E-state index in [0.29, 0.717) is 22.8 Å². The molecular formula is C20H19NO4. The monoisotopic (exact) mass is 337 g/mol. The highest BCUT2D eigenvalue weighted by Gasteiger charge is 2.22. The zero-order valence-electron chi connectivity index (χ0n) is 14.3. The lowest BCUT2D eigenvalue weighted by Gasteiger charge is -2.14. The standard InChI is InChI=1S/C20H19NO4/c1-12-11-17(13(2)24-12)20(23)25-14(3)19(22)21-18-10-6-8-15-7-4-5-9-16(15)18/h4-11,14H,1-3H3,(H,21,22)/t14-/m0/s1. The Morgan fingerprint density at radius 2 is 1.80 bits per heavy atom. The van der Waals surface area contributed by atoms with Gasteiger partial charge in [0, 0.05) is 11.1 Å². The highest BCUT2D eigenvalue weighted by Crippen LogP contribution is 2.23. The molecule has 0 bridgehead atoms. The quantitative estimate of drug-likeness (QED) is 0.723. The Morgan fingerprint density at radius 3 is 2.52 bits per heavy atom. The summed E-state index contributed by atoms with van der Waals surface area (Å²) in [6, 6.07) is 15.0. The van der Waals surface area contributed by atoms with Gasteiger partial charge in [-0.25, -0.2) is 4.79 Å². The van der Waals surface area contributed by atoms with Crippen LogP contribution in [0.25, 0.3) is 10.8 Å². The van der Waals surface area contributed by atoms with Crippen LogP contribution in [0.3, 0.4) is 0 Å². The molecule has 0 aliphatic rings. The summed E-state index contributed by atoms with van der Waals surface area (Å²) in [7, 11) is 0. The summed E-state index contributed by atoms with van der Waals surface area (Å²) in [5.74, 6) is 0.138. The lowest BCUT2D eigenvalue weighted by Crippen LogP contribution is -2.30. The van der Waals surface area contributed by atoms with Crippen molar-refractivity contribution in [1.29, 1.82) is 0 Å². The lowest BCUT2D eigenvalue weighted by atomic mass is 10.1. The molecule has 0 aliphatic carbocycles. The number of carbonyl (C=O) groups excluding carboxylic acids is 2. The number of rotatable bonds is 4. The van der Waals surface area contributed by atoms with E-state index in [1.54, 1.807) is 26.8 Å². The summed E-state index contributed by atoms with van der Waals surface area (Å²) < 4.78 is 10.6. The SMILES string of the molecule is Cc1cc(C(=O)O[C@@H](C)C(=O)Nc2cccc3ccccc23)c(C)o1.